The van der Waals surface area contributed by atoms with Crippen LogP contribution in [-0.2, 0) is 57.5 Å². The molecule has 0 radical (unpaired) electrons. The Hall–Kier alpha value is -9.89. The van der Waals surface area contributed by atoms with E-state index in [1.807, 2.05) is 63.4 Å². The largest absolute Gasteiger partial charge is 0.507 e. The van der Waals surface area contributed by atoms with E-state index in [4.69, 9.17) is 25.7 Å². The summed E-state index contributed by atoms with van der Waals surface area (Å²) < 4.78 is 16.8. The van der Waals surface area contributed by atoms with Crippen LogP contribution < -0.4 is 32.2 Å². The van der Waals surface area contributed by atoms with Gasteiger partial charge in [-0.25, -0.2) is 0 Å². The summed E-state index contributed by atoms with van der Waals surface area (Å²) in [5.41, 5.74) is 12.2. The molecular formula is C81H108N8O17. The molecule has 0 saturated heterocycles. The first-order valence-electron chi connectivity index (χ1n) is 35.3. The highest BCUT2D eigenvalue weighted by Gasteiger charge is 2.42. The van der Waals surface area contributed by atoms with Crippen molar-refractivity contribution in [1.82, 2.24) is 20.9 Å². The quantitative estimate of drug-likeness (QED) is 0.0101. The van der Waals surface area contributed by atoms with Crippen molar-refractivity contribution in [3.8, 4) is 17.2 Å². The Morgan fingerprint density at radius 3 is 1.34 bits per heavy atom. The van der Waals surface area contributed by atoms with E-state index in [1.54, 1.807) is 72.0 Å². The molecule has 6 rings (SSSR count). The maximum atomic E-state index is 12.7. The number of hydrogen-bond acceptors (Lipinski definition) is 22. The maximum Gasteiger partial charge on any atom is 0.254 e. The Kier molecular flexibility index (Phi) is 38.2. The lowest BCUT2D eigenvalue weighted by Gasteiger charge is -2.27. The predicted molar refractivity (Wildman–Crippen MR) is 407 cm³/mol. The second-order valence-electron chi connectivity index (χ2n) is 27.5. The minimum atomic E-state index is -2.02. The highest BCUT2D eigenvalue weighted by molar-refractivity contribution is 6.41. The average Bonchev–Trinajstić information content (AvgIpc) is 0.835. The second-order valence-corrected chi connectivity index (χ2v) is 27.5. The van der Waals surface area contributed by atoms with Gasteiger partial charge in [0, 0.05) is 63.1 Å². The van der Waals surface area contributed by atoms with Gasteiger partial charge in [-0.3, -0.25) is 43.2 Å². The first-order valence-corrected chi connectivity index (χ1v) is 35.3. The lowest BCUT2D eigenvalue weighted by atomic mass is 9.88. The van der Waals surface area contributed by atoms with Gasteiger partial charge in [-0.05, 0) is 162 Å². The molecule has 25 heteroatoms. The van der Waals surface area contributed by atoms with Crippen LogP contribution in [0, 0.1) is 15.2 Å². The number of nitroso groups, excluding NO2 is 2. The number of aliphatic hydroxyl groups excluding tert-OH is 1. The van der Waals surface area contributed by atoms with Crippen LogP contribution in [-0.4, -0.2) is 156 Å². The number of nitrogens with two attached hydrogens (primary N) is 2. The third-order valence-electron chi connectivity index (χ3n) is 17.7. The first-order chi connectivity index (χ1) is 50.0. The van der Waals surface area contributed by atoms with E-state index in [1.165, 1.54) is 68.8 Å². The predicted octanol–water partition coefficient (Wildman–Crippen LogP) is 10.7. The van der Waals surface area contributed by atoms with Crippen LogP contribution in [0.4, 0.5) is 0 Å². The molecule has 0 aliphatic rings. The van der Waals surface area contributed by atoms with Crippen LogP contribution >= 0.6 is 0 Å². The van der Waals surface area contributed by atoms with Crippen LogP contribution in [0.5, 0.6) is 17.2 Å². The molecule has 0 heterocycles. The minimum Gasteiger partial charge on any atom is -0.507 e. The van der Waals surface area contributed by atoms with Crippen molar-refractivity contribution in [1.29, 1.82) is 0 Å². The summed E-state index contributed by atoms with van der Waals surface area (Å²) in [6.07, 6.45) is 3.60. The number of hydrogen-bond donors (Lipinski definition) is 8. The summed E-state index contributed by atoms with van der Waals surface area (Å²) in [7, 11) is 5.12. The number of benzene rings is 6. The van der Waals surface area contributed by atoms with E-state index in [9.17, 15) is 68.3 Å². The zero-order valence-corrected chi connectivity index (χ0v) is 63.6. The van der Waals surface area contributed by atoms with Crippen molar-refractivity contribution in [2.24, 2.45) is 27.2 Å². The molecule has 0 saturated carbocycles. The van der Waals surface area contributed by atoms with E-state index in [0.29, 0.717) is 47.0 Å². The summed E-state index contributed by atoms with van der Waals surface area (Å²) in [4.78, 5) is 131. The molecule has 25 nitrogen and oxygen atoms in total. The number of primary amides is 2. The molecule has 0 fully saturated rings. The fraction of sp³-hybridized carbons (Fsp3) is 0.444. The van der Waals surface area contributed by atoms with E-state index in [-0.39, 0.29) is 71.7 Å². The number of aryl methyl sites for hydroxylation is 3. The second kappa shape index (κ2) is 44.8. The number of ether oxygens (including phenoxy) is 3. The molecule has 7 unspecified atom stereocenters. The molecular weight excluding hydrogens is 1360 g/mol. The molecule has 0 bridgehead atoms. The van der Waals surface area contributed by atoms with Crippen LogP contribution in [0.1, 0.15) is 191 Å². The van der Waals surface area contributed by atoms with Crippen molar-refractivity contribution in [3.63, 3.8) is 0 Å². The van der Waals surface area contributed by atoms with E-state index >= 15 is 0 Å². The normalized spacial score (nSPS) is 13.4. The minimum absolute atomic E-state index is 0.0160. The Bertz CT molecular complexity index is 3870. The number of phenols is 2. The van der Waals surface area contributed by atoms with E-state index in [2.05, 4.69) is 86.7 Å². The fourth-order valence-corrected chi connectivity index (χ4v) is 10.5. The first kappa shape index (κ1) is 90.3. The molecule has 106 heavy (non-hydrogen) atoms. The molecule has 0 aliphatic heterocycles. The number of nitrogens with zero attached hydrogens (tertiary/aromatic N) is 3. The summed E-state index contributed by atoms with van der Waals surface area (Å²) in [5.74, 6) is -5.63. The zero-order valence-electron chi connectivity index (χ0n) is 63.6. The van der Waals surface area contributed by atoms with Gasteiger partial charge in [-0.15, -0.1) is 9.81 Å². The standard InChI is InChI=1S/C26H33N3O6.C25H31N3O6.C22H30N2O3.C8H14O2/c1-4-23(31)26(3,29-34)24(32)16-35-22(19-12-13-21(30)20(14-19)25(27)33)15-28-17(2)10-11-18-8-6-5-7-9-18;1-16(9-10-17-7-5-4-6-8-17)27-14-22(18-11-12-20(29)19(13-18)24(26)32)34-15-21(30)23(31)25(2,3)28-33;1-16(10-11-17-8-6-5-7-9-17)24(3)15-20(25)18-12-13-21(27-4)19(14-18)22(26)23-2;1-5-6(9)7(10)8(2,3)4/h5-9,12-14,17,22,28,30H,4,10-11,15-16H2,1-3H3,(H2,27,33);4-8,11-13,16,22,27,29H,9-10,14-15H2,1-3H3,(H2,26,32);5-9,12-14,16,20,25H,10-11,15H2,1-4H3,(H,23,26);5H2,1-4H3. The molecule has 0 spiro atoms. The van der Waals surface area contributed by atoms with Crippen LogP contribution in [0.2, 0.25) is 0 Å². The van der Waals surface area contributed by atoms with E-state index in [0.717, 1.165) is 38.5 Å². The number of carbonyl (C=O) groups is 9. The van der Waals surface area contributed by atoms with Gasteiger partial charge in [0.2, 0.25) is 22.9 Å². The third kappa shape index (κ3) is 29.6. The number of carbonyl (C=O) groups excluding carboxylic acids is 9. The van der Waals surface area contributed by atoms with Gasteiger partial charge in [-0.2, -0.15) is 0 Å². The number of methoxy groups -OCH3 is 1. The fourth-order valence-electron chi connectivity index (χ4n) is 10.5. The third-order valence-corrected chi connectivity index (χ3v) is 17.7. The number of rotatable bonds is 40. The molecule has 574 valence electrons. The van der Waals surface area contributed by atoms with Crippen molar-refractivity contribution in [2.45, 2.75) is 175 Å². The maximum absolute atomic E-state index is 12.7. The topological polar surface area (TPSA) is 392 Å². The number of ketones is 6. The number of amides is 3. The number of aliphatic hydroxyl groups is 1. The molecule has 6 aromatic carbocycles. The van der Waals surface area contributed by atoms with Gasteiger partial charge in [-0.1, -0.05) is 149 Å². The van der Waals surface area contributed by atoms with Crippen LogP contribution in [0.25, 0.3) is 0 Å². The van der Waals surface area contributed by atoms with Crippen molar-refractivity contribution in [3.05, 3.63) is 205 Å². The highest BCUT2D eigenvalue weighted by atomic mass is 16.5. The van der Waals surface area contributed by atoms with Crippen molar-refractivity contribution >= 4 is 52.4 Å². The summed E-state index contributed by atoms with van der Waals surface area (Å²) in [5, 5.41) is 45.3. The van der Waals surface area contributed by atoms with Gasteiger partial charge in [0.1, 0.15) is 30.5 Å². The number of likely N-dealkylation sites (N-methyl/N-ethyl adjacent to an activating group) is 1. The van der Waals surface area contributed by atoms with Gasteiger partial charge in [0.15, 0.2) is 22.9 Å². The van der Waals surface area contributed by atoms with Gasteiger partial charge in [0.25, 0.3) is 17.7 Å². The Morgan fingerprint density at radius 2 is 0.962 bits per heavy atom. The van der Waals surface area contributed by atoms with Crippen molar-refractivity contribution < 1.29 is 72.7 Å². The summed E-state index contributed by atoms with van der Waals surface area (Å²) >= 11 is 0. The van der Waals surface area contributed by atoms with Crippen molar-refractivity contribution in [2.75, 3.05) is 54.1 Å². The lowest BCUT2D eigenvalue weighted by Crippen LogP contribution is -2.44. The van der Waals surface area contributed by atoms with Gasteiger partial charge < -0.3 is 61.8 Å². The average molecular weight is 1470 g/mol. The number of nitrogens with one attached hydrogen (secondary N) is 3. The van der Waals surface area contributed by atoms with Crippen LogP contribution in [0.3, 0.4) is 0 Å². The Morgan fingerprint density at radius 1 is 0.538 bits per heavy atom. The van der Waals surface area contributed by atoms with Gasteiger partial charge >= 0.3 is 0 Å². The number of Topliss-reactive ketones (excluding diaryl/α,β-unsaturated/α-hetero) is 6. The Balaban J connectivity index is 0.000000389. The highest BCUT2D eigenvalue weighted by Crippen LogP contribution is 2.29. The summed E-state index contributed by atoms with van der Waals surface area (Å²) in [6.45, 7) is 18.3. The zero-order chi connectivity index (χ0) is 79.5. The smallest absolute Gasteiger partial charge is 0.254 e. The summed E-state index contributed by atoms with van der Waals surface area (Å²) in [6, 6.07) is 44.8. The van der Waals surface area contributed by atoms with Crippen LogP contribution in [0.15, 0.2) is 156 Å². The SMILES string of the molecule is CC(CCc1ccccc1)NCC(OCC(=O)C(=O)C(C)(C)N=O)c1ccc(O)c(C(N)=O)c1.CCC(=O)C(=O)C(C)(C)C.CCC(=O)C(C)(N=O)C(=O)COC(CNC(C)CCc1ccccc1)c1ccc(O)c(C(N)=O)c1.CNC(=O)c1cc(C(O)CN(C)C(C)CCc2ccccc2)ccc1OC. The lowest BCUT2D eigenvalue weighted by molar-refractivity contribution is -0.142. The molecule has 10 N–H and O–H groups in total. The number of aromatic hydroxyl groups is 2. The molecule has 3 amide bonds. The van der Waals surface area contributed by atoms with Gasteiger partial charge in [0.05, 0.1) is 42.1 Å². The monoisotopic (exact) mass is 1460 g/mol. The molecule has 7 atom stereocenters. The molecule has 6 aromatic rings. The molecule has 0 aromatic heterocycles. The van der Waals surface area contributed by atoms with E-state index < -0.39 is 83.0 Å². The molecule has 0 aliphatic carbocycles. The Labute approximate surface area is 622 Å².